The number of Topliss-reactive ketones (excluding diaryl/α,β-unsaturated/α-hetero) is 1. The molecule has 2 aromatic rings. The summed E-state index contributed by atoms with van der Waals surface area (Å²) in [6.45, 7) is 1.87. The molecule has 1 N–H and O–H groups in total. The second kappa shape index (κ2) is 9.29. The fraction of sp³-hybridized carbons (Fsp3) is 0.167. The van der Waals surface area contributed by atoms with Crippen molar-refractivity contribution in [3.8, 4) is 0 Å². The second-order valence-corrected chi connectivity index (χ2v) is 8.20. The van der Waals surface area contributed by atoms with Gasteiger partial charge in [-0.1, -0.05) is 6.07 Å². The van der Waals surface area contributed by atoms with E-state index < -0.39 is 33.1 Å². The lowest BCUT2D eigenvalue weighted by Gasteiger charge is -2.18. The van der Waals surface area contributed by atoms with Crippen LogP contribution >= 0.6 is 0 Å². The lowest BCUT2D eigenvalue weighted by atomic mass is 9.93. The maximum atomic E-state index is 12.8. The Morgan fingerprint density at radius 3 is 2.38 bits per heavy atom. The van der Waals surface area contributed by atoms with Gasteiger partial charge in [0, 0.05) is 35.1 Å². The third-order valence-electron chi connectivity index (χ3n) is 3.71. The Kier molecular flexibility index (Phi) is 7.27. The molecule has 0 saturated heterocycles. The van der Waals surface area contributed by atoms with Gasteiger partial charge < -0.3 is 9.29 Å². The number of fused-ring (bicyclic) bond motifs is 1. The van der Waals surface area contributed by atoms with Gasteiger partial charge in [0.2, 0.25) is 5.78 Å². The van der Waals surface area contributed by atoms with E-state index in [0.29, 0.717) is 5.03 Å². The number of ketones is 2. The average Bonchev–Trinajstić information content (AvgIpc) is 2.69. The van der Waals surface area contributed by atoms with Crippen LogP contribution in [0.15, 0.2) is 58.3 Å². The molecule has 0 radical (unpaired) electrons. The smallest absolute Gasteiger partial charge is 0.397 e. The summed E-state index contributed by atoms with van der Waals surface area (Å²) in [6.07, 6.45) is 2.70. The molecule has 154 valence electrons. The van der Waals surface area contributed by atoms with E-state index in [0.717, 1.165) is 18.7 Å². The molecule has 0 saturated carbocycles. The Morgan fingerprint density at radius 2 is 1.83 bits per heavy atom. The number of nitrogens with zero attached hydrogens (tertiary/aromatic N) is 1. The zero-order valence-electron chi connectivity index (χ0n) is 15.6. The van der Waals surface area contributed by atoms with Gasteiger partial charge in [-0.15, -0.1) is 0 Å². The van der Waals surface area contributed by atoms with Crippen LogP contribution in [-0.4, -0.2) is 48.3 Å². The molecule has 1 aromatic carbocycles. The summed E-state index contributed by atoms with van der Waals surface area (Å²) in [6, 6.07) is 8.21. The van der Waals surface area contributed by atoms with Crippen molar-refractivity contribution in [2.75, 3.05) is 14.2 Å². The quantitative estimate of drug-likeness (QED) is 0.558. The second-order valence-electron chi connectivity index (χ2n) is 5.62. The lowest BCUT2D eigenvalue weighted by molar-refractivity contribution is 0.0915. The highest BCUT2D eigenvalue weighted by atomic mass is 32.3. The summed E-state index contributed by atoms with van der Waals surface area (Å²) >= 11 is -1.65. The molecule has 0 bridgehead atoms. The Balaban J connectivity index is 0.000000438. The predicted octanol–water partition coefficient (Wildman–Crippen LogP) is 1.90. The minimum atomic E-state index is -4.16. The van der Waals surface area contributed by atoms with E-state index in [4.69, 9.17) is 9.29 Å². The lowest BCUT2D eigenvalue weighted by Crippen LogP contribution is -2.21. The minimum Gasteiger partial charge on any atom is -0.605 e. The van der Waals surface area contributed by atoms with Gasteiger partial charge in [0.05, 0.1) is 19.8 Å². The van der Waals surface area contributed by atoms with Gasteiger partial charge in [-0.2, -0.15) is 8.42 Å². The van der Waals surface area contributed by atoms with Gasteiger partial charge in [0.25, 0.3) is 5.03 Å². The first-order valence-corrected chi connectivity index (χ1v) is 10.5. The third kappa shape index (κ3) is 5.49. The number of methoxy groups -OCH3 is 1. The molecule has 1 aliphatic rings. The van der Waals surface area contributed by atoms with Gasteiger partial charge in [0.1, 0.15) is 0 Å². The molecule has 0 fully saturated rings. The van der Waals surface area contributed by atoms with Crippen LogP contribution in [0.2, 0.25) is 0 Å². The fourth-order valence-electron chi connectivity index (χ4n) is 2.39. The van der Waals surface area contributed by atoms with Crippen molar-refractivity contribution in [3.63, 3.8) is 0 Å². The van der Waals surface area contributed by atoms with Crippen molar-refractivity contribution >= 4 is 33.1 Å². The minimum absolute atomic E-state index is 0.0147. The SMILES string of the molecule is COC1=CC(=O)c2c(cccc2[S+]([O-])c2cc(C)ccn2)C1=O.COS(=O)(=O)O. The highest BCUT2D eigenvalue weighted by Gasteiger charge is 2.33. The van der Waals surface area contributed by atoms with E-state index in [9.17, 15) is 22.6 Å². The summed E-state index contributed by atoms with van der Waals surface area (Å²) in [4.78, 5) is 29.0. The van der Waals surface area contributed by atoms with Crippen LogP contribution in [0, 0.1) is 6.92 Å². The standard InChI is InChI=1S/C17H13NO4S.CH4O4S/c1-10-6-7-18-15(8-10)23(21)14-5-3-4-11-16(14)12(19)9-13(22-2)17(11)20;1-5-6(2,3)4/h3-9H,1-2H3;1H3,(H,2,3,4). The summed E-state index contributed by atoms with van der Waals surface area (Å²) in [7, 11) is -1.96. The molecule has 1 unspecified atom stereocenters. The van der Waals surface area contributed by atoms with Gasteiger partial charge in [-0.3, -0.25) is 18.3 Å². The first-order valence-electron chi connectivity index (χ1n) is 7.94. The van der Waals surface area contributed by atoms with Gasteiger partial charge in [-0.25, -0.2) is 4.98 Å². The molecule has 9 nitrogen and oxygen atoms in total. The van der Waals surface area contributed by atoms with Gasteiger partial charge in [-0.05, 0) is 30.7 Å². The number of carbonyl (C=O) groups excluding carboxylic acids is 2. The number of benzene rings is 1. The first-order chi connectivity index (χ1) is 13.6. The Hall–Kier alpha value is -2.57. The normalized spacial score (nSPS) is 14.3. The molecule has 0 aliphatic heterocycles. The van der Waals surface area contributed by atoms with Gasteiger partial charge in [0.15, 0.2) is 16.4 Å². The van der Waals surface area contributed by atoms with Crippen LogP contribution in [0.1, 0.15) is 26.3 Å². The summed E-state index contributed by atoms with van der Waals surface area (Å²) in [5.41, 5.74) is 1.27. The van der Waals surface area contributed by atoms with E-state index in [-0.39, 0.29) is 21.8 Å². The molecule has 1 aromatic heterocycles. The Bertz CT molecular complexity index is 1080. The molecule has 1 heterocycles. The van der Waals surface area contributed by atoms with E-state index in [1.54, 1.807) is 30.5 Å². The van der Waals surface area contributed by atoms with Crippen LogP contribution in [0.5, 0.6) is 0 Å². The Labute approximate surface area is 170 Å². The highest BCUT2D eigenvalue weighted by molar-refractivity contribution is 7.91. The van der Waals surface area contributed by atoms with E-state index in [2.05, 4.69) is 9.17 Å². The number of ether oxygens (including phenoxy) is 1. The molecule has 11 heteroatoms. The molecular formula is C18H17NO8S2. The zero-order valence-corrected chi connectivity index (χ0v) is 17.2. The number of rotatable bonds is 4. The number of allylic oxidation sites excluding steroid dienone is 2. The topological polar surface area (TPSA) is 143 Å². The predicted molar refractivity (Wildman–Crippen MR) is 102 cm³/mol. The van der Waals surface area contributed by atoms with Crippen molar-refractivity contribution in [3.05, 3.63) is 65.1 Å². The maximum Gasteiger partial charge on any atom is 0.397 e. The summed E-state index contributed by atoms with van der Waals surface area (Å²) in [5, 5.41) is 0.347. The van der Waals surface area contributed by atoms with Crippen LogP contribution in [-0.2, 0) is 30.5 Å². The largest absolute Gasteiger partial charge is 0.605 e. The van der Waals surface area contributed by atoms with Crippen LogP contribution < -0.4 is 0 Å². The van der Waals surface area contributed by atoms with Crippen molar-refractivity contribution in [1.29, 1.82) is 0 Å². The van der Waals surface area contributed by atoms with Crippen molar-refractivity contribution in [2.45, 2.75) is 16.8 Å². The molecule has 29 heavy (non-hydrogen) atoms. The zero-order chi connectivity index (χ0) is 21.8. The van der Waals surface area contributed by atoms with E-state index in [1.165, 1.54) is 13.2 Å². The number of hydrogen-bond donors (Lipinski definition) is 1. The maximum absolute atomic E-state index is 12.8. The average molecular weight is 439 g/mol. The monoisotopic (exact) mass is 439 g/mol. The van der Waals surface area contributed by atoms with Crippen molar-refractivity contribution in [2.24, 2.45) is 0 Å². The first kappa shape index (κ1) is 22.7. The molecule has 0 spiro atoms. The van der Waals surface area contributed by atoms with Crippen LogP contribution in [0.25, 0.3) is 0 Å². The number of aromatic nitrogens is 1. The van der Waals surface area contributed by atoms with Crippen molar-refractivity contribution in [1.82, 2.24) is 4.98 Å². The number of carbonyl (C=O) groups is 2. The number of pyridine rings is 1. The summed E-state index contributed by atoms with van der Waals surface area (Å²) in [5.74, 6) is -0.801. The molecule has 3 rings (SSSR count). The van der Waals surface area contributed by atoms with Crippen LogP contribution in [0.4, 0.5) is 0 Å². The molecule has 1 aliphatic carbocycles. The molecule has 1 atom stereocenters. The molecule has 0 amide bonds. The fourth-order valence-corrected chi connectivity index (χ4v) is 3.67. The Morgan fingerprint density at radius 1 is 1.17 bits per heavy atom. The number of hydrogen-bond acceptors (Lipinski definition) is 8. The van der Waals surface area contributed by atoms with E-state index in [1.807, 2.05) is 6.92 Å². The van der Waals surface area contributed by atoms with Gasteiger partial charge >= 0.3 is 10.4 Å². The van der Waals surface area contributed by atoms with Crippen molar-refractivity contribution < 1.29 is 36.0 Å². The summed E-state index contributed by atoms with van der Waals surface area (Å²) < 4.78 is 47.4. The number of aryl methyl sites for hydroxylation is 1. The van der Waals surface area contributed by atoms with E-state index >= 15 is 0 Å². The highest BCUT2D eigenvalue weighted by Crippen LogP contribution is 2.30. The third-order valence-corrected chi connectivity index (χ3v) is 5.48. The van der Waals surface area contributed by atoms with Crippen LogP contribution in [0.3, 0.4) is 0 Å². The molecular weight excluding hydrogens is 422 g/mol.